The molecule has 6 heteroatoms. The minimum absolute atomic E-state index is 0.274. The Kier molecular flexibility index (Phi) is 4.15. The van der Waals surface area contributed by atoms with Crippen molar-refractivity contribution in [2.45, 2.75) is 43.8 Å². The van der Waals surface area contributed by atoms with Gasteiger partial charge in [-0.3, -0.25) is 0 Å². The average Bonchev–Trinajstić information content (AvgIpc) is 2.66. The zero-order chi connectivity index (χ0) is 18.3. The molecule has 1 aromatic carbocycles. The third-order valence-electron chi connectivity index (χ3n) is 5.35. The average molecular weight is 358 g/mol. The second-order valence-corrected chi connectivity index (χ2v) is 6.94. The number of hydrogen-bond donors (Lipinski definition) is 1. The number of fused-ring (bicyclic) bond motifs is 2. The molecule has 0 radical (unpaired) electrons. The molecular formula is C20H22O6. The molecule has 0 saturated heterocycles. The first-order valence-electron chi connectivity index (χ1n) is 8.82. The Bertz CT molecular complexity index is 886. The van der Waals surface area contributed by atoms with E-state index in [1.807, 2.05) is 0 Å². The second kappa shape index (κ2) is 6.36. The van der Waals surface area contributed by atoms with Gasteiger partial charge in [0.25, 0.3) is 0 Å². The highest BCUT2D eigenvalue weighted by Gasteiger charge is 2.45. The molecule has 26 heavy (non-hydrogen) atoms. The van der Waals surface area contributed by atoms with Crippen LogP contribution in [-0.4, -0.2) is 31.0 Å². The first kappa shape index (κ1) is 17.0. The molecule has 1 aromatic heterocycles. The SMILES string of the molecule is COc1ccc(-c2cc3c(c(=O)o2)C[C@@]2(O)CCCC[C@H]2O3)cc1OC. The summed E-state index contributed by atoms with van der Waals surface area (Å²) >= 11 is 0. The minimum Gasteiger partial charge on any atom is -0.493 e. The van der Waals surface area contributed by atoms with Gasteiger partial charge in [-0.05, 0) is 37.5 Å². The fraction of sp³-hybridized carbons (Fsp3) is 0.450. The van der Waals surface area contributed by atoms with Crippen molar-refractivity contribution in [3.05, 3.63) is 40.2 Å². The molecule has 1 fully saturated rings. The number of ether oxygens (including phenoxy) is 3. The van der Waals surface area contributed by atoms with Crippen LogP contribution in [0.25, 0.3) is 11.3 Å². The topological polar surface area (TPSA) is 78.1 Å². The van der Waals surface area contributed by atoms with Crippen LogP contribution < -0.4 is 19.8 Å². The number of aliphatic hydroxyl groups is 1. The van der Waals surface area contributed by atoms with Gasteiger partial charge < -0.3 is 23.7 Å². The lowest BCUT2D eigenvalue weighted by Gasteiger charge is -2.43. The first-order chi connectivity index (χ1) is 12.5. The van der Waals surface area contributed by atoms with Crippen molar-refractivity contribution in [2.24, 2.45) is 0 Å². The lowest BCUT2D eigenvalue weighted by molar-refractivity contribution is -0.0988. The Hall–Kier alpha value is -2.47. The molecule has 0 amide bonds. The van der Waals surface area contributed by atoms with E-state index >= 15 is 0 Å². The fourth-order valence-electron chi connectivity index (χ4n) is 3.91. The Morgan fingerprint density at radius 3 is 2.73 bits per heavy atom. The summed E-state index contributed by atoms with van der Waals surface area (Å²) in [7, 11) is 3.12. The van der Waals surface area contributed by atoms with Crippen LogP contribution in [-0.2, 0) is 6.42 Å². The van der Waals surface area contributed by atoms with E-state index in [1.54, 1.807) is 38.5 Å². The van der Waals surface area contributed by atoms with Crippen LogP contribution in [0, 0.1) is 0 Å². The summed E-state index contributed by atoms with van der Waals surface area (Å²) in [4.78, 5) is 12.5. The lowest BCUT2D eigenvalue weighted by atomic mass is 9.76. The van der Waals surface area contributed by atoms with E-state index in [9.17, 15) is 9.90 Å². The zero-order valence-corrected chi connectivity index (χ0v) is 14.9. The minimum atomic E-state index is -0.967. The quantitative estimate of drug-likeness (QED) is 0.909. The molecule has 0 spiro atoms. The van der Waals surface area contributed by atoms with Crippen LogP contribution in [0.3, 0.4) is 0 Å². The van der Waals surface area contributed by atoms with Crippen molar-refractivity contribution >= 4 is 0 Å². The predicted octanol–water partition coefficient (Wildman–Crippen LogP) is 2.93. The van der Waals surface area contributed by atoms with Gasteiger partial charge in [0.15, 0.2) is 11.5 Å². The van der Waals surface area contributed by atoms with Crippen molar-refractivity contribution in [3.63, 3.8) is 0 Å². The standard InChI is InChI=1S/C20H22O6/c1-23-14-7-6-12(9-17(14)24-2)15-10-16-13(19(21)26-15)11-20(22)8-4-3-5-18(20)25-16/h6-7,9-10,18,22H,3-5,8,11H2,1-2H3/t18-,20+/m1/s1. The van der Waals surface area contributed by atoms with E-state index in [0.717, 1.165) is 19.3 Å². The Balaban J connectivity index is 1.75. The molecule has 2 aromatic rings. The van der Waals surface area contributed by atoms with Crippen LogP contribution in [0.4, 0.5) is 0 Å². The number of rotatable bonds is 3. The maximum atomic E-state index is 12.5. The molecule has 138 valence electrons. The van der Waals surface area contributed by atoms with Crippen molar-refractivity contribution in [1.82, 2.24) is 0 Å². The van der Waals surface area contributed by atoms with Crippen molar-refractivity contribution in [2.75, 3.05) is 14.2 Å². The normalized spacial score (nSPS) is 24.2. The molecule has 0 unspecified atom stereocenters. The highest BCUT2D eigenvalue weighted by Crippen LogP contribution is 2.41. The zero-order valence-electron chi connectivity index (χ0n) is 14.9. The summed E-state index contributed by atoms with van der Waals surface area (Å²) in [6.07, 6.45) is 3.41. The molecule has 1 aliphatic heterocycles. The Morgan fingerprint density at radius 1 is 1.15 bits per heavy atom. The predicted molar refractivity (Wildman–Crippen MR) is 95.1 cm³/mol. The smallest absolute Gasteiger partial charge is 0.343 e. The third kappa shape index (κ3) is 2.74. The van der Waals surface area contributed by atoms with E-state index in [-0.39, 0.29) is 12.5 Å². The third-order valence-corrected chi connectivity index (χ3v) is 5.35. The highest BCUT2D eigenvalue weighted by molar-refractivity contribution is 5.64. The van der Waals surface area contributed by atoms with Gasteiger partial charge in [0.1, 0.15) is 23.2 Å². The first-order valence-corrected chi connectivity index (χ1v) is 8.82. The van der Waals surface area contributed by atoms with Gasteiger partial charge in [0, 0.05) is 18.1 Å². The van der Waals surface area contributed by atoms with Gasteiger partial charge in [-0.15, -0.1) is 0 Å². The number of benzene rings is 1. The molecule has 1 saturated carbocycles. The second-order valence-electron chi connectivity index (χ2n) is 6.94. The summed E-state index contributed by atoms with van der Waals surface area (Å²) in [5, 5.41) is 10.8. The summed E-state index contributed by atoms with van der Waals surface area (Å²) in [5.41, 5.74) is -0.333. The molecule has 2 heterocycles. The molecule has 1 N–H and O–H groups in total. The van der Waals surface area contributed by atoms with Gasteiger partial charge in [-0.2, -0.15) is 0 Å². The molecule has 2 atom stereocenters. The van der Waals surface area contributed by atoms with Crippen molar-refractivity contribution in [3.8, 4) is 28.6 Å². The van der Waals surface area contributed by atoms with Crippen LogP contribution in [0.2, 0.25) is 0 Å². The summed E-state index contributed by atoms with van der Waals surface area (Å²) in [6, 6.07) is 7.04. The van der Waals surface area contributed by atoms with E-state index in [4.69, 9.17) is 18.6 Å². The molecule has 2 aliphatic rings. The van der Waals surface area contributed by atoms with Gasteiger partial charge >= 0.3 is 5.63 Å². The Morgan fingerprint density at radius 2 is 1.96 bits per heavy atom. The van der Waals surface area contributed by atoms with Gasteiger partial charge in [0.05, 0.1) is 19.8 Å². The maximum Gasteiger partial charge on any atom is 0.343 e. The molecule has 0 bridgehead atoms. The van der Waals surface area contributed by atoms with E-state index < -0.39 is 11.2 Å². The Labute approximate surface area is 151 Å². The monoisotopic (exact) mass is 358 g/mol. The summed E-state index contributed by atoms with van der Waals surface area (Å²) < 4.78 is 22.1. The lowest BCUT2D eigenvalue weighted by Crippen LogP contribution is -2.53. The van der Waals surface area contributed by atoms with Crippen LogP contribution in [0.5, 0.6) is 17.2 Å². The highest BCUT2D eigenvalue weighted by atomic mass is 16.5. The number of hydrogen-bond acceptors (Lipinski definition) is 6. The van der Waals surface area contributed by atoms with Crippen molar-refractivity contribution in [1.29, 1.82) is 0 Å². The van der Waals surface area contributed by atoms with Gasteiger partial charge in [-0.1, -0.05) is 6.42 Å². The van der Waals surface area contributed by atoms with Crippen LogP contribution >= 0.6 is 0 Å². The van der Waals surface area contributed by atoms with Gasteiger partial charge in [-0.25, -0.2) is 4.79 Å². The van der Waals surface area contributed by atoms with Gasteiger partial charge in [0.2, 0.25) is 0 Å². The van der Waals surface area contributed by atoms with E-state index in [0.29, 0.717) is 40.6 Å². The summed E-state index contributed by atoms with van der Waals surface area (Å²) in [5.74, 6) is 2.05. The fourth-order valence-corrected chi connectivity index (χ4v) is 3.91. The largest absolute Gasteiger partial charge is 0.493 e. The van der Waals surface area contributed by atoms with Crippen LogP contribution in [0.1, 0.15) is 31.2 Å². The van der Waals surface area contributed by atoms with Crippen molar-refractivity contribution < 1.29 is 23.7 Å². The van der Waals surface area contributed by atoms with E-state index in [1.165, 1.54) is 0 Å². The molecule has 1 aliphatic carbocycles. The molecular weight excluding hydrogens is 336 g/mol. The molecule has 6 nitrogen and oxygen atoms in total. The van der Waals surface area contributed by atoms with Crippen LogP contribution in [0.15, 0.2) is 33.5 Å². The summed E-state index contributed by atoms with van der Waals surface area (Å²) in [6.45, 7) is 0. The molecule has 4 rings (SSSR count). The number of methoxy groups -OCH3 is 2. The maximum absolute atomic E-state index is 12.5. The van der Waals surface area contributed by atoms with E-state index in [2.05, 4.69) is 0 Å².